The standard InChI is InChI=1S/C28H33IN6O3/c1-18-22(16-32-35(18)21-9-12-33(13-10-21)27(36)38-28(3,4)5)20-14-25-31-17-24(29)34(25)26(15-20)37-19(2)23-8-6-7-11-30-23/h6-8,11,14-17,19,21H,9-10,12-13H2,1-5H3/t19-/m1/s1. The maximum atomic E-state index is 12.5. The first kappa shape index (κ1) is 26.5. The minimum atomic E-state index is -0.493. The Bertz CT molecular complexity index is 1430. The fourth-order valence-electron chi connectivity index (χ4n) is 4.84. The lowest BCUT2D eigenvalue weighted by Gasteiger charge is -2.33. The Morgan fingerprint density at radius 1 is 1.13 bits per heavy atom. The smallest absolute Gasteiger partial charge is 0.410 e. The van der Waals surface area contributed by atoms with Gasteiger partial charge < -0.3 is 14.4 Å². The average molecular weight is 629 g/mol. The summed E-state index contributed by atoms with van der Waals surface area (Å²) in [4.78, 5) is 23.3. The van der Waals surface area contributed by atoms with Crippen LogP contribution in [0.25, 0.3) is 16.8 Å². The zero-order valence-corrected chi connectivity index (χ0v) is 24.5. The first-order chi connectivity index (χ1) is 18.1. The van der Waals surface area contributed by atoms with Crippen molar-refractivity contribution in [1.29, 1.82) is 0 Å². The molecule has 1 atom stereocenters. The van der Waals surface area contributed by atoms with Crippen molar-refractivity contribution in [2.45, 2.75) is 65.2 Å². The van der Waals surface area contributed by atoms with Crippen LogP contribution in [0.1, 0.15) is 64.1 Å². The maximum absolute atomic E-state index is 12.5. The molecule has 1 aliphatic heterocycles. The van der Waals surface area contributed by atoms with E-state index < -0.39 is 5.60 Å². The molecular weight excluding hydrogens is 595 g/mol. The van der Waals surface area contributed by atoms with E-state index in [0.717, 1.165) is 44.7 Å². The van der Waals surface area contributed by atoms with Crippen LogP contribution in [0.2, 0.25) is 0 Å². The minimum Gasteiger partial charge on any atom is -0.469 e. The number of ether oxygens (including phenoxy) is 2. The van der Waals surface area contributed by atoms with Gasteiger partial charge >= 0.3 is 6.09 Å². The van der Waals surface area contributed by atoms with Gasteiger partial charge in [0.05, 0.1) is 24.1 Å². The van der Waals surface area contributed by atoms with Crippen molar-refractivity contribution in [3.63, 3.8) is 0 Å². The van der Waals surface area contributed by atoms with E-state index in [1.54, 1.807) is 11.1 Å². The summed E-state index contributed by atoms with van der Waals surface area (Å²) in [5.41, 5.74) is 4.30. The number of carbonyl (C=O) groups is 1. The third kappa shape index (κ3) is 5.50. The normalized spacial score (nSPS) is 15.6. The number of aromatic nitrogens is 5. The van der Waals surface area contributed by atoms with E-state index in [9.17, 15) is 4.79 Å². The largest absolute Gasteiger partial charge is 0.469 e. The number of pyridine rings is 2. The number of imidazole rings is 1. The van der Waals surface area contributed by atoms with Crippen LogP contribution in [-0.4, -0.2) is 53.8 Å². The molecule has 4 aromatic rings. The van der Waals surface area contributed by atoms with E-state index >= 15 is 0 Å². The SMILES string of the molecule is Cc1c(-c2cc(O[C@H](C)c3ccccn3)n3c(I)cnc3c2)cnn1C1CCN(C(=O)OC(C)(C)C)CC1. The van der Waals surface area contributed by atoms with E-state index in [1.807, 2.05) is 62.7 Å². The molecule has 9 nitrogen and oxygen atoms in total. The third-order valence-electron chi connectivity index (χ3n) is 6.75. The van der Waals surface area contributed by atoms with Crippen molar-refractivity contribution in [3.05, 3.63) is 64.0 Å². The van der Waals surface area contributed by atoms with Crippen molar-refractivity contribution in [1.82, 2.24) is 29.0 Å². The molecule has 0 bridgehead atoms. The number of halogens is 1. The van der Waals surface area contributed by atoms with Crippen LogP contribution in [0, 0.1) is 10.6 Å². The highest BCUT2D eigenvalue weighted by Crippen LogP contribution is 2.34. The molecule has 1 saturated heterocycles. The number of rotatable bonds is 5. The number of fused-ring (bicyclic) bond motifs is 1. The number of hydrogen-bond acceptors (Lipinski definition) is 6. The zero-order valence-electron chi connectivity index (χ0n) is 22.4. The second kappa shape index (κ2) is 10.5. The van der Waals surface area contributed by atoms with Gasteiger partial charge in [0.25, 0.3) is 0 Å². The topological polar surface area (TPSA) is 86.8 Å². The first-order valence-electron chi connectivity index (χ1n) is 12.9. The second-order valence-corrected chi connectivity index (χ2v) is 11.8. The van der Waals surface area contributed by atoms with Crippen LogP contribution >= 0.6 is 22.6 Å². The van der Waals surface area contributed by atoms with Crippen molar-refractivity contribution in [3.8, 4) is 17.0 Å². The molecule has 0 radical (unpaired) electrons. The van der Waals surface area contributed by atoms with Crippen molar-refractivity contribution in [2.75, 3.05) is 13.1 Å². The van der Waals surface area contributed by atoms with Crippen molar-refractivity contribution >= 4 is 34.3 Å². The number of hydrogen-bond donors (Lipinski definition) is 0. The summed E-state index contributed by atoms with van der Waals surface area (Å²) < 4.78 is 17.0. The van der Waals surface area contributed by atoms with Gasteiger partial charge in [0, 0.05) is 36.6 Å². The number of amides is 1. The fourth-order valence-corrected chi connectivity index (χ4v) is 5.46. The van der Waals surface area contributed by atoms with Crippen molar-refractivity contribution < 1.29 is 14.3 Å². The molecule has 0 spiro atoms. The molecular formula is C28H33IN6O3. The first-order valence-corrected chi connectivity index (χ1v) is 14.0. The van der Waals surface area contributed by atoms with Gasteiger partial charge in [0.15, 0.2) is 0 Å². The summed E-state index contributed by atoms with van der Waals surface area (Å²) in [5.74, 6) is 0.704. The fraction of sp³-hybridized carbons (Fsp3) is 0.429. The molecule has 38 heavy (non-hydrogen) atoms. The Balaban J connectivity index is 1.38. The molecule has 5 rings (SSSR count). The van der Waals surface area contributed by atoms with Crippen LogP contribution < -0.4 is 4.74 Å². The molecule has 10 heteroatoms. The molecule has 1 aliphatic rings. The summed E-state index contributed by atoms with van der Waals surface area (Å²) in [5, 5.41) is 4.77. The number of likely N-dealkylation sites (tertiary alicyclic amines) is 1. The highest BCUT2D eigenvalue weighted by molar-refractivity contribution is 14.1. The highest BCUT2D eigenvalue weighted by atomic mass is 127. The molecule has 4 aromatic heterocycles. The van der Waals surface area contributed by atoms with Crippen LogP contribution in [0.4, 0.5) is 4.79 Å². The van der Waals surface area contributed by atoms with Gasteiger partial charge in [-0.3, -0.25) is 14.1 Å². The van der Waals surface area contributed by atoms with Crippen LogP contribution in [0.15, 0.2) is 48.9 Å². The minimum absolute atomic E-state index is 0.221. The number of nitrogens with zero attached hydrogens (tertiary/aromatic N) is 6. The molecule has 0 unspecified atom stereocenters. The van der Waals surface area contributed by atoms with Gasteiger partial charge in [-0.25, -0.2) is 9.78 Å². The lowest BCUT2D eigenvalue weighted by atomic mass is 10.0. The van der Waals surface area contributed by atoms with Crippen LogP contribution in [0.5, 0.6) is 5.88 Å². The van der Waals surface area contributed by atoms with E-state index in [1.165, 1.54) is 0 Å². The second-order valence-electron chi connectivity index (χ2n) is 10.7. The number of piperidine rings is 1. The summed E-state index contributed by atoms with van der Waals surface area (Å²) in [6, 6.07) is 10.2. The third-order valence-corrected chi connectivity index (χ3v) is 7.51. The van der Waals surface area contributed by atoms with Crippen LogP contribution in [-0.2, 0) is 4.74 Å². The van der Waals surface area contributed by atoms with E-state index in [-0.39, 0.29) is 18.2 Å². The lowest BCUT2D eigenvalue weighted by Crippen LogP contribution is -2.42. The number of carbonyl (C=O) groups excluding carboxylic acids is 1. The molecule has 0 saturated carbocycles. The lowest BCUT2D eigenvalue weighted by molar-refractivity contribution is 0.0184. The van der Waals surface area contributed by atoms with E-state index in [2.05, 4.69) is 56.3 Å². The van der Waals surface area contributed by atoms with E-state index in [4.69, 9.17) is 14.6 Å². The van der Waals surface area contributed by atoms with Gasteiger partial charge in [0.1, 0.15) is 21.1 Å². The quantitative estimate of drug-likeness (QED) is 0.244. The highest BCUT2D eigenvalue weighted by Gasteiger charge is 2.29. The van der Waals surface area contributed by atoms with Gasteiger partial charge in [-0.05, 0) is 93.8 Å². The summed E-state index contributed by atoms with van der Waals surface area (Å²) >= 11 is 2.27. The molecule has 1 fully saturated rings. The molecule has 5 heterocycles. The average Bonchev–Trinajstić information content (AvgIpc) is 3.46. The van der Waals surface area contributed by atoms with Gasteiger partial charge in [0.2, 0.25) is 5.88 Å². The maximum Gasteiger partial charge on any atom is 0.410 e. The Hall–Kier alpha value is -3.15. The van der Waals surface area contributed by atoms with Crippen molar-refractivity contribution in [2.24, 2.45) is 0 Å². The Morgan fingerprint density at radius 3 is 2.58 bits per heavy atom. The van der Waals surface area contributed by atoms with Crippen LogP contribution in [0.3, 0.4) is 0 Å². The Labute approximate surface area is 236 Å². The zero-order chi connectivity index (χ0) is 27.0. The van der Waals surface area contributed by atoms with Gasteiger partial charge in [-0.1, -0.05) is 6.07 Å². The Morgan fingerprint density at radius 2 is 1.89 bits per heavy atom. The van der Waals surface area contributed by atoms with Gasteiger partial charge in [-0.2, -0.15) is 5.10 Å². The predicted octanol–water partition coefficient (Wildman–Crippen LogP) is 6.22. The monoisotopic (exact) mass is 628 g/mol. The van der Waals surface area contributed by atoms with Gasteiger partial charge in [-0.15, -0.1) is 0 Å². The summed E-state index contributed by atoms with van der Waals surface area (Å²) in [6.45, 7) is 11.1. The molecule has 0 N–H and O–H groups in total. The molecule has 1 amide bonds. The molecule has 0 aliphatic carbocycles. The molecule has 0 aromatic carbocycles. The Kier molecular flexibility index (Phi) is 7.34. The summed E-state index contributed by atoms with van der Waals surface area (Å²) in [7, 11) is 0. The van der Waals surface area contributed by atoms with E-state index in [0.29, 0.717) is 19.0 Å². The predicted molar refractivity (Wildman–Crippen MR) is 153 cm³/mol. The molecule has 200 valence electrons. The summed E-state index contributed by atoms with van der Waals surface area (Å²) in [6.07, 6.45) is 6.71.